The van der Waals surface area contributed by atoms with Gasteiger partial charge in [-0.15, -0.1) is 0 Å². The molecule has 0 atom stereocenters. The lowest BCUT2D eigenvalue weighted by molar-refractivity contribution is 0.0696. The lowest BCUT2D eigenvalue weighted by atomic mass is 9.94. The van der Waals surface area contributed by atoms with Crippen LogP contribution in [-0.2, 0) is 9.84 Å². The van der Waals surface area contributed by atoms with Crippen LogP contribution in [0.4, 0.5) is 0 Å². The first-order valence-electron chi connectivity index (χ1n) is 7.51. The third-order valence-electron chi connectivity index (χ3n) is 4.20. The second-order valence-corrected chi connectivity index (χ2v) is 8.50. The quantitative estimate of drug-likeness (QED) is 0.871. The van der Waals surface area contributed by atoms with Gasteiger partial charge in [0.15, 0.2) is 0 Å². The predicted molar refractivity (Wildman–Crippen MR) is 86.5 cm³/mol. The largest absolute Gasteiger partial charge is 0.478 e. The van der Waals surface area contributed by atoms with Crippen LogP contribution in [0.5, 0.6) is 0 Å². The van der Waals surface area contributed by atoms with Crippen LogP contribution in [0.2, 0.25) is 0 Å². The van der Waals surface area contributed by atoms with Crippen molar-refractivity contribution < 1.29 is 23.1 Å². The first-order valence-corrected chi connectivity index (χ1v) is 9.47. The summed E-state index contributed by atoms with van der Waals surface area (Å²) in [5.41, 5.74) is 1.10. The Morgan fingerprint density at radius 3 is 2.17 bits per heavy atom. The Bertz CT molecular complexity index is 718. The minimum absolute atomic E-state index is 0.0747. The average Bonchev–Trinajstić information content (AvgIpc) is 2.46. The third-order valence-corrected chi connectivity index (χ3v) is 5.88. The monoisotopic (exact) mass is 339 g/mol. The number of nitrogens with one attached hydrogen (secondary N) is 1. The van der Waals surface area contributed by atoms with E-state index in [-0.39, 0.29) is 22.8 Å². The van der Waals surface area contributed by atoms with Crippen LogP contribution in [0, 0.1) is 6.92 Å². The minimum Gasteiger partial charge on any atom is -0.478 e. The average molecular weight is 339 g/mol. The number of hydrogen-bond acceptors (Lipinski definition) is 4. The smallest absolute Gasteiger partial charge is 0.335 e. The number of amides is 1. The molecule has 0 spiro atoms. The first kappa shape index (κ1) is 17.5. The molecule has 0 unspecified atom stereocenters. The van der Waals surface area contributed by atoms with Gasteiger partial charge in [0.2, 0.25) is 0 Å². The summed E-state index contributed by atoms with van der Waals surface area (Å²) in [5.74, 6) is -1.39. The SMILES string of the molecule is Cc1cc(C(=O)O)cc(C(=O)NC2CCC(S(C)(=O)=O)CC2)c1. The number of sulfone groups is 1. The van der Waals surface area contributed by atoms with E-state index in [1.165, 1.54) is 18.4 Å². The molecule has 0 aromatic heterocycles. The van der Waals surface area contributed by atoms with E-state index in [1.807, 2.05) is 0 Å². The summed E-state index contributed by atoms with van der Waals surface area (Å²) < 4.78 is 23.1. The number of rotatable bonds is 4. The molecule has 1 fully saturated rings. The van der Waals surface area contributed by atoms with Crippen LogP contribution in [0.3, 0.4) is 0 Å². The molecule has 6 nitrogen and oxygen atoms in total. The third kappa shape index (κ3) is 4.54. The van der Waals surface area contributed by atoms with Gasteiger partial charge >= 0.3 is 5.97 Å². The van der Waals surface area contributed by atoms with Gasteiger partial charge in [-0.2, -0.15) is 0 Å². The summed E-state index contributed by atoms with van der Waals surface area (Å²) >= 11 is 0. The Balaban J connectivity index is 2.02. The normalized spacial score (nSPS) is 21.7. The summed E-state index contributed by atoms with van der Waals surface area (Å²) in [6, 6.07) is 4.43. The summed E-state index contributed by atoms with van der Waals surface area (Å²) in [4.78, 5) is 23.4. The van der Waals surface area contributed by atoms with Crippen molar-refractivity contribution in [2.45, 2.75) is 43.9 Å². The van der Waals surface area contributed by atoms with Crippen molar-refractivity contribution in [3.8, 4) is 0 Å². The number of carboxylic acids is 1. The molecule has 1 aliphatic carbocycles. The van der Waals surface area contributed by atoms with Crippen molar-refractivity contribution in [3.05, 3.63) is 34.9 Å². The number of hydrogen-bond donors (Lipinski definition) is 2. The van der Waals surface area contributed by atoms with Crippen LogP contribution >= 0.6 is 0 Å². The highest BCUT2D eigenvalue weighted by molar-refractivity contribution is 7.91. The van der Waals surface area contributed by atoms with Crippen LogP contribution < -0.4 is 5.32 Å². The zero-order valence-electron chi connectivity index (χ0n) is 13.2. The Labute approximate surface area is 135 Å². The summed E-state index contributed by atoms with van der Waals surface area (Å²) in [7, 11) is -3.03. The van der Waals surface area contributed by atoms with Crippen LogP contribution in [-0.4, -0.2) is 42.9 Å². The molecule has 1 amide bonds. The fourth-order valence-electron chi connectivity index (χ4n) is 2.94. The van der Waals surface area contributed by atoms with Gasteiger partial charge in [-0.3, -0.25) is 4.79 Å². The maximum Gasteiger partial charge on any atom is 0.335 e. The number of carboxylic acid groups (broad SMARTS) is 1. The first-order chi connectivity index (χ1) is 10.7. The maximum atomic E-state index is 12.3. The van der Waals surface area contributed by atoms with Crippen LogP contribution in [0.25, 0.3) is 0 Å². The molecule has 0 saturated heterocycles. The molecule has 1 saturated carbocycles. The van der Waals surface area contributed by atoms with E-state index in [0.29, 0.717) is 36.8 Å². The van der Waals surface area contributed by atoms with Gasteiger partial charge in [0.25, 0.3) is 5.91 Å². The highest BCUT2D eigenvalue weighted by Crippen LogP contribution is 2.24. The lowest BCUT2D eigenvalue weighted by Crippen LogP contribution is -2.40. The van der Waals surface area contributed by atoms with E-state index < -0.39 is 15.8 Å². The van der Waals surface area contributed by atoms with Gasteiger partial charge in [-0.05, 0) is 56.4 Å². The zero-order chi connectivity index (χ0) is 17.2. The number of aromatic carboxylic acids is 1. The summed E-state index contributed by atoms with van der Waals surface area (Å²) in [6.07, 6.45) is 3.55. The van der Waals surface area contributed by atoms with Gasteiger partial charge < -0.3 is 10.4 Å². The van der Waals surface area contributed by atoms with Crippen molar-refractivity contribution in [2.24, 2.45) is 0 Å². The molecule has 1 aromatic carbocycles. The molecule has 2 rings (SSSR count). The van der Waals surface area contributed by atoms with E-state index in [1.54, 1.807) is 13.0 Å². The second-order valence-electron chi connectivity index (χ2n) is 6.17. The molecule has 1 aromatic rings. The maximum absolute atomic E-state index is 12.3. The van der Waals surface area contributed by atoms with E-state index in [4.69, 9.17) is 5.11 Å². The Hall–Kier alpha value is -1.89. The Morgan fingerprint density at radius 2 is 1.65 bits per heavy atom. The van der Waals surface area contributed by atoms with Gasteiger partial charge in [-0.25, -0.2) is 13.2 Å². The minimum atomic E-state index is -3.03. The Kier molecular flexibility index (Phi) is 5.09. The predicted octanol–water partition coefficient (Wildman–Crippen LogP) is 1.78. The van der Waals surface area contributed by atoms with Crippen LogP contribution in [0.15, 0.2) is 18.2 Å². The number of benzene rings is 1. The molecule has 7 heteroatoms. The molecule has 126 valence electrons. The van der Waals surface area contributed by atoms with E-state index in [9.17, 15) is 18.0 Å². The highest BCUT2D eigenvalue weighted by Gasteiger charge is 2.28. The topological polar surface area (TPSA) is 101 Å². The second kappa shape index (κ2) is 6.70. The molecule has 0 bridgehead atoms. The van der Waals surface area contributed by atoms with E-state index >= 15 is 0 Å². The van der Waals surface area contributed by atoms with Crippen LogP contribution in [0.1, 0.15) is 52.0 Å². The lowest BCUT2D eigenvalue weighted by Gasteiger charge is -2.28. The van der Waals surface area contributed by atoms with E-state index in [0.717, 1.165) is 0 Å². The Morgan fingerprint density at radius 1 is 1.09 bits per heavy atom. The molecular formula is C16H21NO5S. The number of aryl methyl sites for hydroxylation is 1. The number of carbonyl (C=O) groups is 2. The van der Waals surface area contributed by atoms with Gasteiger partial charge in [0.05, 0.1) is 10.8 Å². The molecule has 0 radical (unpaired) electrons. The van der Waals surface area contributed by atoms with Gasteiger partial charge in [0, 0.05) is 17.9 Å². The van der Waals surface area contributed by atoms with Crippen molar-refractivity contribution in [2.75, 3.05) is 6.26 Å². The molecule has 23 heavy (non-hydrogen) atoms. The standard InChI is InChI=1S/C16H21NO5S/c1-10-7-11(9-12(8-10)16(19)20)15(18)17-13-3-5-14(6-4-13)23(2,21)22/h7-9,13-14H,3-6H2,1-2H3,(H,17,18)(H,19,20). The van der Waals surface area contributed by atoms with Crippen molar-refractivity contribution in [3.63, 3.8) is 0 Å². The molecule has 0 heterocycles. The van der Waals surface area contributed by atoms with Gasteiger partial charge in [0.1, 0.15) is 9.84 Å². The van der Waals surface area contributed by atoms with Crippen molar-refractivity contribution >= 4 is 21.7 Å². The fourth-order valence-corrected chi connectivity index (χ4v) is 4.07. The van der Waals surface area contributed by atoms with Crippen molar-refractivity contribution in [1.82, 2.24) is 5.32 Å². The molecule has 1 aliphatic rings. The molecule has 0 aliphatic heterocycles. The summed E-state index contributed by atoms with van der Waals surface area (Å²) in [5, 5.41) is 11.6. The number of carbonyl (C=O) groups excluding carboxylic acids is 1. The highest BCUT2D eigenvalue weighted by atomic mass is 32.2. The van der Waals surface area contributed by atoms with E-state index in [2.05, 4.69) is 5.32 Å². The van der Waals surface area contributed by atoms with Gasteiger partial charge in [-0.1, -0.05) is 0 Å². The fraction of sp³-hybridized carbons (Fsp3) is 0.500. The molecular weight excluding hydrogens is 318 g/mol. The molecule has 2 N–H and O–H groups in total. The zero-order valence-corrected chi connectivity index (χ0v) is 14.0. The summed E-state index contributed by atoms with van der Waals surface area (Å²) in [6.45, 7) is 1.74. The van der Waals surface area contributed by atoms with Crippen molar-refractivity contribution in [1.29, 1.82) is 0 Å².